The molecule has 2 aromatic carbocycles. The molecule has 1 amide bonds. The number of aromatic nitrogens is 2. The molecule has 1 aliphatic heterocycles. The van der Waals surface area contributed by atoms with Gasteiger partial charge in [0.25, 0.3) is 0 Å². The molecule has 0 unspecified atom stereocenters. The molecule has 9 heteroatoms. The van der Waals surface area contributed by atoms with Crippen molar-refractivity contribution in [2.45, 2.75) is 25.4 Å². The number of carbonyl (C=O) groups is 2. The first-order valence-corrected chi connectivity index (χ1v) is 10.2. The van der Waals surface area contributed by atoms with Crippen molar-refractivity contribution in [3.8, 4) is 11.5 Å². The van der Waals surface area contributed by atoms with Crippen molar-refractivity contribution in [2.24, 2.45) is 5.10 Å². The summed E-state index contributed by atoms with van der Waals surface area (Å²) in [6.45, 7) is 1.68. The smallest absolute Gasteiger partial charge is 0.321 e. The summed E-state index contributed by atoms with van der Waals surface area (Å²) in [4.78, 5) is 30.7. The largest absolute Gasteiger partial charge is 0.480 e. The van der Waals surface area contributed by atoms with Crippen LogP contribution in [0.5, 0.6) is 11.5 Å². The van der Waals surface area contributed by atoms with Crippen LogP contribution in [0, 0.1) is 0 Å². The van der Waals surface area contributed by atoms with Crippen LogP contribution in [0.15, 0.2) is 72.2 Å². The van der Waals surface area contributed by atoms with Gasteiger partial charge in [0.05, 0.1) is 24.6 Å². The number of aliphatic carboxylic acids is 1. The highest BCUT2D eigenvalue weighted by molar-refractivity contribution is 6.06. The predicted molar refractivity (Wildman–Crippen MR) is 118 cm³/mol. The summed E-state index contributed by atoms with van der Waals surface area (Å²) in [5.74, 6) is 0.182. The Kier molecular flexibility index (Phi) is 6.27. The highest BCUT2D eigenvalue weighted by Crippen LogP contribution is 2.23. The first kappa shape index (κ1) is 21.3. The van der Waals surface area contributed by atoms with Gasteiger partial charge in [-0.2, -0.15) is 5.10 Å². The number of nitrogens with one attached hydrogen (secondary N) is 2. The minimum Gasteiger partial charge on any atom is -0.480 e. The van der Waals surface area contributed by atoms with Crippen LogP contribution in [0.25, 0.3) is 0 Å². The number of benzene rings is 2. The Labute approximate surface area is 184 Å². The molecular weight excluding hydrogens is 410 g/mol. The van der Waals surface area contributed by atoms with Crippen LogP contribution in [0.2, 0.25) is 0 Å². The summed E-state index contributed by atoms with van der Waals surface area (Å²) in [5, 5.41) is 18.6. The molecule has 0 radical (unpaired) electrons. The second-order valence-electron chi connectivity index (χ2n) is 7.42. The fraction of sp³-hybridized carbons (Fsp3) is 0.217. The molecule has 164 valence electrons. The van der Waals surface area contributed by atoms with Crippen LogP contribution in [0.3, 0.4) is 0 Å². The highest BCUT2D eigenvalue weighted by atomic mass is 16.5. The van der Waals surface area contributed by atoms with E-state index in [0.29, 0.717) is 17.2 Å². The lowest BCUT2D eigenvalue weighted by atomic mass is 10.0. The van der Waals surface area contributed by atoms with Crippen LogP contribution in [-0.2, 0) is 16.0 Å². The minimum absolute atomic E-state index is 0.212. The van der Waals surface area contributed by atoms with Gasteiger partial charge in [0.15, 0.2) is 0 Å². The van der Waals surface area contributed by atoms with Crippen molar-refractivity contribution in [3.63, 3.8) is 0 Å². The molecule has 32 heavy (non-hydrogen) atoms. The summed E-state index contributed by atoms with van der Waals surface area (Å²) < 4.78 is 5.83. The predicted octanol–water partition coefficient (Wildman–Crippen LogP) is 2.42. The Hall–Kier alpha value is -3.98. The molecule has 0 saturated heterocycles. The van der Waals surface area contributed by atoms with E-state index in [1.807, 2.05) is 54.6 Å². The number of carboxylic acids is 1. The Morgan fingerprint density at radius 2 is 1.91 bits per heavy atom. The van der Waals surface area contributed by atoms with Crippen molar-refractivity contribution in [3.05, 3.63) is 78.4 Å². The van der Waals surface area contributed by atoms with Gasteiger partial charge in [-0.1, -0.05) is 18.2 Å². The molecule has 1 aromatic heterocycles. The maximum absolute atomic E-state index is 11.9. The van der Waals surface area contributed by atoms with E-state index in [4.69, 9.17) is 4.74 Å². The SMILES string of the molecule is CC(=O)N1C[C@H](N[C@H](Cc2cnc[nH]2)C(=O)O)C(c2ccc(Oc3ccccc3)cc2)=N1. The fourth-order valence-corrected chi connectivity index (χ4v) is 3.48. The van der Waals surface area contributed by atoms with Gasteiger partial charge < -0.3 is 14.8 Å². The highest BCUT2D eigenvalue weighted by Gasteiger charge is 2.33. The van der Waals surface area contributed by atoms with Crippen molar-refractivity contribution in [1.82, 2.24) is 20.3 Å². The second kappa shape index (κ2) is 9.44. The molecule has 0 fully saturated rings. The summed E-state index contributed by atoms with van der Waals surface area (Å²) in [6, 6.07) is 15.4. The van der Waals surface area contributed by atoms with Crippen LogP contribution in [0.1, 0.15) is 18.2 Å². The van der Waals surface area contributed by atoms with E-state index in [0.717, 1.165) is 11.3 Å². The number of hydrogen-bond donors (Lipinski definition) is 3. The van der Waals surface area contributed by atoms with E-state index in [1.165, 1.54) is 18.3 Å². The van der Waals surface area contributed by atoms with Crippen LogP contribution >= 0.6 is 0 Å². The molecule has 0 spiro atoms. The number of aromatic amines is 1. The zero-order chi connectivity index (χ0) is 22.5. The van der Waals surface area contributed by atoms with Crippen LogP contribution in [-0.4, -0.2) is 56.3 Å². The maximum Gasteiger partial charge on any atom is 0.321 e. The maximum atomic E-state index is 11.9. The monoisotopic (exact) mass is 433 g/mol. The number of amides is 1. The first-order chi connectivity index (χ1) is 15.5. The van der Waals surface area contributed by atoms with Gasteiger partial charge in [-0.3, -0.25) is 14.9 Å². The Morgan fingerprint density at radius 1 is 1.19 bits per heavy atom. The minimum atomic E-state index is -0.994. The molecule has 0 bridgehead atoms. The normalized spacial score (nSPS) is 16.5. The Balaban J connectivity index is 1.53. The third-order valence-corrected chi connectivity index (χ3v) is 5.09. The Morgan fingerprint density at radius 3 is 2.53 bits per heavy atom. The average molecular weight is 433 g/mol. The molecule has 9 nitrogen and oxygen atoms in total. The average Bonchev–Trinajstić information content (AvgIpc) is 3.45. The van der Waals surface area contributed by atoms with Gasteiger partial charge in [0.1, 0.15) is 17.5 Å². The van der Waals surface area contributed by atoms with Crippen LogP contribution in [0.4, 0.5) is 0 Å². The lowest BCUT2D eigenvalue weighted by Crippen LogP contribution is -2.49. The first-order valence-electron chi connectivity index (χ1n) is 10.2. The van der Waals surface area contributed by atoms with Crippen molar-refractivity contribution in [2.75, 3.05) is 6.54 Å². The van der Waals surface area contributed by atoms with E-state index in [1.54, 1.807) is 6.20 Å². The zero-order valence-electron chi connectivity index (χ0n) is 17.4. The lowest BCUT2D eigenvalue weighted by molar-refractivity contribution is -0.139. The van der Waals surface area contributed by atoms with E-state index in [9.17, 15) is 14.7 Å². The summed E-state index contributed by atoms with van der Waals surface area (Å²) >= 11 is 0. The van der Waals surface area contributed by atoms with Crippen LogP contribution < -0.4 is 10.1 Å². The molecule has 1 aliphatic rings. The van der Waals surface area contributed by atoms with E-state index < -0.39 is 18.1 Å². The lowest BCUT2D eigenvalue weighted by Gasteiger charge is -2.21. The number of imidazole rings is 1. The van der Waals surface area contributed by atoms with E-state index in [-0.39, 0.29) is 18.9 Å². The van der Waals surface area contributed by atoms with Crippen molar-refractivity contribution < 1.29 is 19.4 Å². The van der Waals surface area contributed by atoms with Gasteiger partial charge in [-0.25, -0.2) is 9.99 Å². The van der Waals surface area contributed by atoms with Crippen molar-refractivity contribution >= 4 is 17.6 Å². The molecule has 2 heterocycles. The molecule has 3 N–H and O–H groups in total. The number of rotatable bonds is 8. The van der Waals surface area contributed by atoms with Gasteiger partial charge in [-0.05, 0) is 42.0 Å². The van der Waals surface area contributed by atoms with E-state index >= 15 is 0 Å². The van der Waals surface area contributed by atoms with Gasteiger partial charge in [0.2, 0.25) is 5.91 Å². The molecule has 0 aliphatic carbocycles. The third-order valence-electron chi connectivity index (χ3n) is 5.09. The number of hydrogen-bond acceptors (Lipinski definition) is 6. The summed E-state index contributed by atoms with van der Waals surface area (Å²) in [6.07, 6.45) is 3.32. The topological polar surface area (TPSA) is 120 Å². The number of carbonyl (C=O) groups excluding carboxylic acids is 1. The number of nitrogens with zero attached hydrogens (tertiary/aromatic N) is 3. The molecular formula is C23H23N5O4. The number of H-pyrrole nitrogens is 1. The Bertz CT molecular complexity index is 1100. The quantitative estimate of drug-likeness (QED) is 0.502. The third kappa shape index (κ3) is 5.01. The molecule has 2 atom stereocenters. The van der Waals surface area contributed by atoms with Gasteiger partial charge in [0, 0.05) is 25.2 Å². The zero-order valence-corrected chi connectivity index (χ0v) is 17.4. The second-order valence-corrected chi connectivity index (χ2v) is 7.42. The summed E-state index contributed by atoms with van der Waals surface area (Å²) in [5.41, 5.74) is 2.08. The molecule has 4 rings (SSSR count). The number of carboxylic acid groups (broad SMARTS) is 1. The van der Waals surface area contributed by atoms with E-state index in [2.05, 4.69) is 20.4 Å². The van der Waals surface area contributed by atoms with Gasteiger partial charge >= 0.3 is 5.97 Å². The molecule has 3 aromatic rings. The number of ether oxygens (including phenoxy) is 1. The molecule has 0 saturated carbocycles. The summed E-state index contributed by atoms with van der Waals surface area (Å²) in [7, 11) is 0. The standard InChI is InChI=1S/C23H23N5O4/c1-15(29)28-13-21(26-20(23(30)31)11-17-12-24-14-25-17)22(27-28)16-7-9-19(10-8-16)32-18-5-3-2-4-6-18/h2-10,12,14,20-21,26H,11,13H2,1H3,(H,24,25)(H,30,31)/t20-,21+/m1/s1. The fourth-order valence-electron chi connectivity index (χ4n) is 3.48. The number of hydrazone groups is 1. The van der Waals surface area contributed by atoms with Crippen molar-refractivity contribution in [1.29, 1.82) is 0 Å². The van der Waals surface area contributed by atoms with Gasteiger partial charge in [-0.15, -0.1) is 0 Å². The number of para-hydroxylation sites is 1.